The molecule has 5 nitrogen and oxygen atoms in total. The maximum atomic E-state index is 6.36. The Bertz CT molecular complexity index is 525. The van der Waals surface area contributed by atoms with Crippen molar-refractivity contribution in [2.24, 2.45) is 0 Å². The van der Waals surface area contributed by atoms with Crippen LogP contribution in [-0.2, 0) is 4.74 Å². The van der Waals surface area contributed by atoms with E-state index in [0.29, 0.717) is 0 Å². The van der Waals surface area contributed by atoms with E-state index in [9.17, 15) is 0 Å². The molecule has 1 aromatic carbocycles. The van der Waals surface area contributed by atoms with Gasteiger partial charge in [0.25, 0.3) is 0 Å². The van der Waals surface area contributed by atoms with Gasteiger partial charge in [-0.2, -0.15) is 0 Å². The van der Waals surface area contributed by atoms with Crippen molar-refractivity contribution in [3.63, 3.8) is 0 Å². The summed E-state index contributed by atoms with van der Waals surface area (Å²) in [5.74, 6) is 0.969. The second-order valence-corrected chi connectivity index (χ2v) is 6.59. The number of hydrogen-bond donors (Lipinski definition) is 1. The number of rotatable bonds is 5. The number of anilines is 2. The third kappa shape index (κ3) is 3.56. The summed E-state index contributed by atoms with van der Waals surface area (Å²) in [4.78, 5) is 4.93. The Labute approximate surface area is 139 Å². The van der Waals surface area contributed by atoms with Crippen molar-refractivity contribution >= 4 is 11.4 Å². The second-order valence-electron chi connectivity index (χ2n) is 6.59. The minimum Gasteiger partial charge on any atom is -0.483 e. The Morgan fingerprint density at radius 1 is 1.13 bits per heavy atom. The first kappa shape index (κ1) is 16.4. The first-order chi connectivity index (χ1) is 11.2. The number of benzene rings is 1. The maximum Gasteiger partial charge on any atom is 0.143 e. The van der Waals surface area contributed by atoms with Gasteiger partial charge in [-0.05, 0) is 31.0 Å². The molecule has 1 saturated heterocycles. The van der Waals surface area contributed by atoms with E-state index in [1.165, 1.54) is 0 Å². The largest absolute Gasteiger partial charge is 0.483 e. The number of ether oxygens (including phenoxy) is 2. The van der Waals surface area contributed by atoms with Crippen LogP contribution >= 0.6 is 0 Å². The topological polar surface area (TPSA) is 51.0 Å². The molecule has 0 bridgehead atoms. The van der Waals surface area contributed by atoms with Gasteiger partial charge in [-0.25, -0.2) is 0 Å². The average Bonchev–Trinajstić information content (AvgIpc) is 2.60. The summed E-state index contributed by atoms with van der Waals surface area (Å²) in [7, 11) is 0. The number of nitrogens with two attached hydrogens (primary N) is 1. The van der Waals surface area contributed by atoms with E-state index < -0.39 is 0 Å². The Morgan fingerprint density at radius 3 is 2.57 bits per heavy atom. The maximum absolute atomic E-state index is 6.36. The third-order valence-corrected chi connectivity index (χ3v) is 5.21. The van der Waals surface area contributed by atoms with Crippen molar-refractivity contribution in [3.8, 4) is 5.75 Å². The zero-order valence-electron chi connectivity index (χ0n) is 14.4. The smallest absolute Gasteiger partial charge is 0.143 e. The summed E-state index contributed by atoms with van der Waals surface area (Å²) >= 11 is 0. The molecule has 0 atom stereocenters. The van der Waals surface area contributed by atoms with E-state index in [2.05, 4.69) is 23.6 Å². The Hall–Kier alpha value is -1.46. The molecule has 2 N–H and O–H groups in total. The first-order valence-electron chi connectivity index (χ1n) is 8.79. The SMILES string of the molecule is CCC1(CC)CN(CCN2CCOCC2)c2cc(N)ccc2O1. The highest BCUT2D eigenvalue weighted by Crippen LogP contribution is 2.40. The number of fused-ring (bicyclic) bond motifs is 1. The summed E-state index contributed by atoms with van der Waals surface area (Å²) < 4.78 is 11.8. The van der Waals surface area contributed by atoms with Crippen molar-refractivity contribution in [3.05, 3.63) is 18.2 Å². The van der Waals surface area contributed by atoms with Gasteiger partial charge < -0.3 is 20.1 Å². The lowest BCUT2D eigenvalue weighted by atomic mass is 9.94. The minimum absolute atomic E-state index is 0.0892. The zero-order chi connectivity index (χ0) is 16.3. The van der Waals surface area contributed by atoms with E-state index in [-0.39, 0.29) is 5.60 Å². The normalized spacial score (nSPS) is 20.9. The summed E-state index contributed by atoms with van der Waals surface area (Å²) in [5.41, 5.74) is 7.85. The summed E-state index contributed by atoms with van der Waals surface area (Å²) in [6.07, 6.45) is 2.03. The van der Waals surface area contributed by atoms with Gasteiger partial charge in [0, 0.05) is 31.9 Å². The van der Waals surface area contributed by atoms with Crippen LogP contribution in [0.2, 0.25) is 0 Å². The molecule has 2 heterocycles. The van der Waals surface area contributed by atoms with Gasteiger partial charge in [-0.3, -0.25) is 4.90 Å². The van der Waals surface area contributed by atoms with Crippen molar-refractivity contribution in [1.29, 1.82) is 0 Å². The van der Waals surface area contributed by atoms with Gasteiger partial charge in [0.15, 0.2) is 0 Å². The molecule has 23 heavy (non-hydrogen) atoms. The van der Waals surface area contributed by atoms with Crippen LogP contribution in [-0.4, -0.2) is 56.4 Å². The highest BCUT2D eigenvalue weighted by molar-refractivity contribution is 5.66. The molecular weight excluding hydrogens is 290 g/mol. The first-order valence-corrected chi connectivity index (χ1v) is 8.79. The lowest BCUT2D eigenvalue weighted by molar-refractivity contribution is 0.0357. The van der Waals surface area contributed by atoms with Crippen LogP contribution in [0.1, 0.15) is 26.7 Å². The fraction of sp³-hybridized carbons (Fsp3) is 0.667. The van der Waals surface area contributed by atoms with Crippen molar-refractivity contribution in [1.82, 2.24) is 4.90 Å². The van der Waals surface area contributed by atoms with Crippen LogP contribution in [0.3, 0.4) is 0 Å². The third-order valence-electron chi connectivity index (χ3n) is 5.21. The van der Waals surface area contributed by atoms with Crippen LogP contribution in [0.25, 0.3) is 0 Å². The molecular formula is C18H29N3O2. The average molecular weight is 319 g/mol. The molecule has 2 aliphatic heterocycles. The Morgan fingerprint density at radius 2 is 1.87 bits per heavy atom. The molecule has 1 fully saturated rings. The fourth-order valence-electron chi connectivity index (χ4n) is 3.47. The molecule has 5 heteroatoms. The predicted octanol–water partition coefficient (Wildman–Crippen LogP) is 2.36. The summed E-state index contributed by atoms with van der Waals surface area (Å²) in [6.45, 7) is 11.2. The molecule has 3 rings (SSSR count). The number of morpholine rings is 1. The van der Waals surface area contributed by atoms with Crippen molar-refractivity contribution < 1.29 is 9.47 Å². The molecule has 0 radical (unpaired) electrons. The molecule has 0 aliphatic carbocycles. The van der Waals surface area contributed by atoms with Gasteiger partial charge >= 0.3 is 0 Å². The van der Waals surface area contributed by atoms with Gasteiger partial charge in [-0.15, -0.1) is 0 Å². The number of nitrogens with zero attached hydrogens (tertiary/aromatic N) is 2. The molecule has 0 amide bonds. The van der Waals surface area contributed by atoms with Crippen LogP contribution in [0.5, 0.6) is 5.75 Å². The molecule has 128 valence electrons. The quantitative estimate of drug-likeness (QED) is 0.844. The summed E-state index contributed by atoms with van der Waals surface area (Å²) in [5, 5.41) is 0. The molecule has 1 aromatic rings. The standard InChI is InChI=1S/C18H29N3O2/c1-3-18(4-2)14-21(8-7-20-9-11-22-12-10-20)16-13-15(19)5-6-17(16)23-18/h5-6,13H,3-4,7-12,14,19H2,1-2H3. The zero-order valence-corrected chi connectivity index (χ0v) is 14.4. The van der Waals surface area contributed by atoms with Gasteiger partial charge in [-0.1, -0.05) is 13.8 Å². The van der Waals surface area contributed by atoms with Crippen LogP contribution in [0.15, 0.2) is 18.2 Å². The van der Waals surface area contributed by atoms with E-state index in [1.807, 2.05) is 18.2 Å². The van der Waals surface area contributed by atoms with Crippen LogP contribution in [0, 0.1) is 0 Å². The molecule has 0 saturated carbocycles. The predicted molar refractivity (Wildman–Crippen MR) is 94.3 cm³/mol. The van der Waals surface area contributed by atoms with Crippen LogP contribution in [0.4, 0.5) is 11.4 Å². The molecule has 0 aromatic heterocycles. The monoisotopic (exact) mass is 319 g/mol. The van der Waals surface area contributed by atoms with Crippen molar-refractivity contribution in [2.45, 2.75) is 32.3 Å². The lowest BCUT2D eigenvalue weighted by Crippen LogP contribution is -2.52. The minimum atomic E-state index is -0.0892. The van der Waals surface area contributed by atoms with Crippen LogP contribution < -0.4 is 15.4 Å². The molecule has 2 aliphatic rings. The Kier molecular flexibility index (Phi) is 4.97. The highest BCUT2D eigenvalue weighted by Gasteiger charge is 2.37. The van der Waals surface area contributed by atoms with Gasteiger partial charge in [0.1, 0.15) is 11.4 Å². The molecule has 0 unspecified atom stereocenters. The van der Waals surface area contributed by atoms with Gasteiger partial charge in [0.2, 0.25) is 0 Å². The van der Waals surface area contributed by atoms with E-state index in [4.69, 9.17) is 15.2 Å². The lowest BCUT2D eigenvalue weighted by Gasteiger charge is -2.45. The molecule has 0 spiro atoms. The fourth-order valence-corrected chi connectivity index (χ4v) is 3.47. The van der Waals surface area contributed by atoms with E-state index in [1.54, 1.807) is 0 Å². The highest BCUT2D eigenvalue weighted by atomic mass is 16.5. The van der Waals surface area contributed by atoms with E-state index >= 15 is 0 Å². The number of hydrogen-bond acceptors (Lipinski definition) is 5. The summed E-state index contributed by atoms with van der Waals surface area (Å²) in [6, 6.07) is 6.00. The second kappa shape index (κ2) is 6.97. The van der Waals surface area contributed by atoms with Crippen molar-refractivity contribution in [2.75, 3.05) is 56.6 Å². The Balaban J connectivity index is 1.77. The van der Waals surface area contributed by atoms with E-state index in [0.717, 1.165) is 75.9 Å². The van der Waals surface area contributed by atoms with Gasteiger partial charge in [0.05, 0.1) is 25.4 Å². The number of nitrogen functional groups attached to an aromatic ring is 1.